The molecule has 9 heteroatoms. The summed E-state index contributed by atoms with van der Waals surface area (Å²) in [6.07, 6.45) is -1.72. The molecule has 1 aromatic rings. The molecule has 0 aromatic heterocycles. The van der Waals surface area contributed by atoms with Gasteiger partial charge in [0.1, 0.15) is 5.54 Å². The van der Waals surface area contributed by atoms with Crippen molar-refractivity contribution in [2.45, 2.75) is 44.3 Å². The highest BCUT2D eigenvalue weighted by atomic mass is 35.5. The number of nitrogens with one attached hydrogen (secondary N) is 2. The molecule has 0 aliphatic carbocycles. The molecule has 5 nitrogen and oxygen atoms in total. The van der Waals surface area contributed by atoms with Gasteiger partial charge in [0, 0.05) is 6.42 Å². The minimum Gasteiger partial charge on any atom is -0.367 e. The largest absolute Gasteiger partial charge is 0.416 e. The summed E-state index contributed by atoms with van der Waals surface area (Å²) in [5, 5.41) is 5.77. The van der Waals surface area contributed by atoms with E-state index in [1.165, 1.54) is 19.1 Å². The molecule has 1 aliphatic heterocycles. The molecule has 0 radical (unpaired) electrons. The number of hydrogen-bond donors (Lipinski definition) is 3. The lowest BCUT2D eigenvalue weighted by Gasteiger charge is -2.29. The lowest BCUT2D eigenvalue weighted by Crippen LogP contribution is -2.52. The van der Waals surface area contributed by atoms with E-state index < -0.39 is 29.1 Å². The third-order valence-electron chi connectivity index (χ3n) is 4.89. The third kappa shape index (κ3) is 6.10. The van der Waals surface area contributed by atoms with Gasteiger partial charge in [-0.3, -0.25) is 9.59 Å². The predicted octanol–water partition coefficient (Wildman–Crippen LogP) is 2.72. The molecule has 1 fully saturated rings. The molecule has 1 saturated heterocycles. The number of piperidine rings is 1. The van der Waals surface area contributed by atoms with E-state index in [-0.39, 0.29) is 24.4 Å². The number of halogens is 4. The molecule has 4 N–H and O–H groups in total. The Bertz CT molecular complexity index is 663. The fourth-order valence-corrected chi connectivity index (χ4v) is 3.13. The van der Waals surface area contributed by atoms with Crippen molar-refractivity contribution in [3.63, 3.8) is 0 Å². The standard InChI is InChI=1S/C18H24F3N3O2.ClH/c1-17(16(22)26,13-3-2-4-14(11-13)18(19,20)21)24-15(25)6-5-12-7-9-23-10-8-12;/h2-4,11-12,23H,5-10H2,1H3,(H2,22,26)(H,24,25);1H. The van der Waals surface area contributed by atoms with Crippen LogP contribution in [-0.4, -0.2) is 24.9 Å². The molecule has 2 rings (SSSR count). The number of primary amides is 1. The highest BCUT2D eigenvalue weighted by Gasteiger charge is 2.38. The second kappa shape index (κ2) is 9.41. The second-order valence-electron chi connectivity index (χ2n) is 6.85. The van der Waals surface area contributed by atoms with Gasteiger partial charge in [0.15, 0.2) is 0 Å². The number of alkyl halides is 3. The summed E-state index contributed by atoms with van der Waals surface area (Å²) < 4.78 is 38.8. The van der Waals surface area contributed by atoms with Crippen LogP contribution in [0.15, 0.2) is 24.3 Å². The zero-order chi connectivity index (χ0) is 19.4. The Morgan fingerprint density at radius 2 is 1.81 bits per heavy atom. The molecule has 1 heterocycles. The van der Waals surface area contributed by atoms with E-state index in [4.69, 9.17) is 5.73 Å². The van der Waals surface area contributed by atoms with E-state index >= 15 is 0 Å². The molecule has 1 atom stereocenters. The molecule has 0 saturated carbocycles. The zero-order valence-electron chi connectivity index (χ0n) is 15.1. The first-order chi connectivity index (χ1) is 12.1. The number of rotatable bonds is 6. The first-order valence-electron chi connectivity index (χ1n) is 8.62. The van der Waals surface area contributed by atoms with Crippen LogP contribution >= 0.6 is 12.4 Å². The highest BCUT2D eigenvalue weighted by Crippen LogP contribution is 2.32. The number of hydrogen-bond acceptors (Lipinski definition) is 3. The van der Waals surface area contributed by atoms with Gasteiger partial charge in [-0.2, -0.15) is 13.2 Å². The van der Waals surface area contributed by atoms with E-state index in [1.807, 2.05) is 0 Å². The lowest BCUT2D eigenvalue weighted by atomic mass is 9.89. The first kappa shape index (κ1) is 23.2. The van der Waals surface area contributed by atoms with Crippen molar-refractivity contribution in [2.24, 2.45) is 11.7 Å². The molecule has 152 valence electrons. The zero-order valence-corrected chi connectivity index (χ0v) is 15.9. The Kier molecular flexibility index (Phi) is 8.10. The van der Waals surface area contributed by atoms with Crippen LogP contribution in [0.1, 0.15) is 43.7 Å². The summed E-state index contributed by atoms with van der Waals surface area (Å²) in [5.41, 5.74) is 2.82. The fraction of sp³-hybridized carbons (Fsp3) is 0.556. The minimum absolute atomic E-state index is 0. The van der Waals surface area contributed by atoms with Gasteiger partial charge in [0.05, 0.1) is 5.56 Å². The summed E-state index contributed by atoms with van der Waals surface area (Å²) in [6.45, 7) is 3.15. The van der Waals surface area contributed by atoms with E-state index in [0.29, 0.717) is 12.3 Å². The molecule has 0 bridgehead atoms. The van der Waals surface area contributed by atoms with Gasteiger partial charge < -0.3 is 16.4 Å². The Hall–Kier alpha value is -1.80. The van der Waals surface area contributed by atoms with Crippen molar-refractivity contribution in [3.8, 4) is 0 Å². The highest BCUT2D eigenvalue weighted by molar-refractivity contribution is 5.91. The van der Waals surface area contributed by atoms with Gasteiger partial charge >= 0.3 is 6.18 Å². The van der Waals surface area contributed by atoms with E-state index in [1.54, 1.807) is 0 Å². The molecular formula is C18H25ClF3N3O2. The fourth-order valence-electron chi connectivity index (χ4n) is 3.13. The van der Waals surface area contributed by atoms with Crippen LogP contribution in [0.2, 0.25) is 0 Å². The molecule has 0 spiro atoms. The maximum absolute atomic E-state index is 12.9. The quantitative estimate of drug-likeness (QED) is 0.678. The molecular weight excluding hydrogens is 383 g/mol. The van der Waals surface area contributed by atoms with Crippen LogP contribution in [-0.2, 0) is 21.3 Å². The molecule has 27 heavy (non-hydrogen) atoms. The van der Waals surface area contributed by atoms with Crippen LogP contribution < -0.4 is 16.4 Å². The smallest absolute Gasteiger partial charge is 0.367 e. The SMILES string of the molecule is CC(NC(=O)CCC1CCNCC1)(C(N)=O)c1cccc(C(F)(F)F)c1.Cl. The number of amides is 2. The average molecular weight is 408 g/mol. The van der Waals surface area contributed by atoms with Gasteiger partial charge in [-0.1, -0.05) is 12.1 Å². The third-order valence-corrected chi connectivity index (χ3v) is 4.89. The van der Waals surface area contributed by atoms with E-state index in [2.05, 4.69) is 10.6 Å². The van der Waals surface area contributed by atoms with Gasteiger partial charge in [-0.05, 0) is 62.9 Å². The van der Waals surface area contributed by atoms with E-state index in [0.717, 1.165) is 38.1 Å². The average Bonchev–Trinajstić information content (AvgIpc) is 2.60. The topological polar surface area (TPSA) is 84.2 Å². The summed E-state index contributed by atoms with van der Waals surface area (Å²) in [5.74, 6) is -0.885. The van der Waals surface area contributed by atoms with Gasteiger partial charge in [-0.25, -0.2) is 0 Å². The van der Waals surface area contributed by atoms with Crippen LogP contribution in [0.3, 0.4) is 0 Å². The van der Waals surface area contributed by atoms with Crippen molar-refractivity contribution in [2.75, 3.05) is 13.1 Å². The molecule has 2 amide bonds. The molecule has 1 aromatic carbocycles. The maximum atomic E-state index is 12.9. The Morgan fingerprint density at radius 3 is 2.37 bits per heavy atom. The Balaban J connectivity index is 0.00000364. The van der Waals surface area contributed by atoms with Crippen molar-refractivity contribution >= 4 is 24.2 Å². The van der Waals surface area contributed by atoms with Crippen molar-refractivity contribution in [3.05, 3.63) is 35.4 Å². The normalized spacial score (nSPS) is 17.5. The maximum Gasteiger partial charge on any atom is 0.416 e. The monoisotopic (exact) mass is 407 g/mol. The van der Waals surface area contributed by atoms with Crippen LogP contribution in [0, 0.1) is 5.92 Å². The lowest BCUT2D eigenvalue weighted by molar-refractivity contribution is -0.138. The van der Waals surface area contributed by atoms with Crippen LogP contribution in [0.4, 0.5) is 13.2 Å². The predicted molar refractivity (Wildman–Crippen MR) is 98.2 cm³/mol. The van der Waals surface area contributed by atoms with Gasteiger partial charge in [0.25, 0.3) is 0 Å². The molecule has 1 unspecified atom stereocenters. The number of benzene rings is 1. The Labute approximate surface area is 162 Å². The summed E-state index contributed by atoms with van der Waals surface area (Å²) in [4.78, 5) is 24.2. The van der Waals surface area contributed by atoms with Crippen molar-refractivity contribution in [1.29, 1.82) is 0 Å². The van der Waals surface area contributed by atoms with E-state index in [9.17, 15) is 22.8 Å². The number of carbonyl (C=O) groups is 2. The van der Waals surface area contributed by atoms with Crippen molar-refractivity contribution in [1.82, 2.24) is 10.6 Å². The Morgan fingerprint density at radius 1 is 1.22 bits per heavy atom. The first-order valence-corrected chi connectivity index (χ1v) is 8.62. The summed E-state index contributed by atoms with van der Waals surface area (Å²) >= 11 is 0. The van der Waals surface area contributed by atoms with Gasteiger partial charge in [-0.15, -0.1) is 12.4 Å². The van der Waals surface area contributed by atoms with Crippen LogP contribution in [0.5, 0.6) is 0 Å². The molecule has 1 aliphatic rings. The van der Waals surface area contributed by atoms with Crippen molar-refractivity contribution < 1.29 is 22.8 Å². The summed E-state index contributed by atoms with van der Waals surface area (Å²) in [6, 6.07) is 4.30. The van der Waals surface area contributed by atoms with Crippen LogP contribution in [0.25, 0.3) is 0 Å². The number of nitrogens with two attached hydrogens (primary N) is 1. The van der Waals surface area contributed by atoms with Gasteiger partial charge in [0.2, 0.25) is 11.8 Å². The number of carbonyl (C=O) groups excluding carboxylic acids is 2. The summed E-state index contributed by atoms with van der Waals surface area (Å²) in [7, 11) is 0. The second-order valence-corrected chi connectivity index (χ2v) is 6.85. The minimum atomic E-state index is -4.55.